The Balaban J connectivity index is 0.00000280. The number of hydrogen-bond acceptors (Lipinski definition) is 5. The molecule has 1 saturated carbocycles. The Labute approximate surface area is 185 Å². The Morgan fingerprint density at radius 3 is 2.82 bits per heavy atom. The lowest BCUT2D eigenvalue weighted by Gasteiger charge is -2.26. The summed E-state index contributed by atoms with van der Waals surface area (Å²) in [5, 5.41) is 6.73. The van der Waals surface area contributed by atoms with E-state index in [1.54, 1.807) is 0 Å². The number of aliphatic imine (C=N–C) groups is 1. The Kier molecular flexibility index (Phi) is 10.9. The first kappa shape index (κ1) is 23.2. The van der Waals surface area contributed by atoms with Gasteiger partial charge >= 0.3 is 0 Å². The zero-order valence-electron chi connectivity index (χ0n) is 16.9. The van der Waals surface area contributed by atoms with Crippen molar-refractivity contribution in [1.82, 2.24) is 20.5 Å². The van der Waals surface area contributed by atoms with Crippen molar-refractivity contribution in [3.8, 4) is 5.88 Å². The standard InChI is InChI=1S/C20H33N5O2.HI/c1-2-21-20(23-9-10-25-11-13-26-14-12-25)24-16-17-7-8-22-19(15-17)27-18-5-3-4-6-18;/h7-8,15,18H,2-6,9-14,16H2,1H3,(H2,21,23,24);1H. The number of halogens is 1. The highest BCUT2D eigenvalue weighted by Crippen LogP contribution is 2.23. The molecule has 2 N–H and O–H groups in total. The molecule has 0 spiro atoms. The molecule has 1 aliphatic carbocycles. The molecule has 3 rings (SSSR count). The summed E-state index contributed by atoms with van der Waals surface area (Å²) in [5.74, 6) is 1.57. The maximum Gasteiger partial charge on any atom is 0.213 e. The Bertz CT molecular complexity index is 590. The van der Waals surface area contributed by atoms with Crippen molar-refractivity contribution in [2.24, 2.45) is 4.99 Å². The molecular formula is C20H34IN5O2. The second-order valence-corrected chi connectivity index (χ2v) is 7.10. The van der Waals surface area contributed by atoms with E-state index in [-0.39, 0.29) is 24.0 Å². The molecule has 1 saturated heterocycles. The van der Waals surface area contributed by atoms with Crippen molar-refractivity contribution in [2.75, 3.05) is 45.9 Å². The molecule has 0 unspecified atom stereocenters. The lowest BCUT2D eigenvalue weighted by molar-refractivity contribution is 0.0389. The van der Waals surface area contributed by atoms with Crippen LogP contribution in [0.4, 0.5) is 0 Å². The number of hydrogen-bond donors (Lipinski definition) is 2. The molecular weight excluding hydrogens is 469 g/mol. The van der Waals surface area contributed by atoms with E-state index < -0.39 is 0 Å². The van der Waals surface area contributed by atoms with E-state index in [0.29, 0.717) is 12.6 Å². The lowest BCUT2D eigenvalue weighted by atomic mass is 10.2. The van der Waals surface area contributed by atoms with Crippen LogP contribution in [0.3, 0.4) is 0 Å². The Morgan fingerprint density at radius 2 is 2.07 bits per heavy atom. The molecule has 2 aliphatic rings. The smallest absolute Gasteiger partial charge is 0.213 e. The van der Waals surface area contributed by atoms with E-state index >= 15 is 0 Å². The number of ether oxygens (including phenoxy) is 2. The molecule has 7 nitrogen and oxygen atoms in total. The first-order valence-electron chi connectivity index (χ1n) is 10.3. The normalized spacial score (nSPS) is 18.5. The lowest BCUT2D eigenvalue weighted by Crippen LogP contribution is -2.44. The molecule has 2 fully saturated rings. The van der Waals surface area contributed by atoms with E-state index in [9.17, 15) is 0 Å². The van der Waals surface area contributed by atoms with Gasteiger partial charge in [-0.25, -0.2) is 9.98 Å². The molecule has 0 atom stereocenters. The first-order chi connectivity index (χ1) is 13.3. The summed E-state index contributed by atoms with van der Waals surface area (Å²) in [5.41, 5.74) is 1.11. The average Bonchev–Trinajstić information content (AvgIpc) is 3.20. The van der Waals surface area contributed by atoms with Gasteiger partial charge in [-0.2, -0.15) is 0 Å². The summed E-state index contributed by atoms with van der Waals surface area (Å²) in [6.45, 7) is 9.10. The highest BCUT2D eigenvalue weighted by Gasteiger charge is 2.17. The molecule has 0 radical (unpaired) electrons. The molecule has 0 amide bonds. The summed E-state index contributed by atoms with van der Waals surface area (Å²) in [6.07, 6.45) is 6.95. The van der Waals surface area contributed by atoms with Crippen LogP contribution in [0.5, 0.6) is 5.88 Å². The van der Waals surface area contributed by atoms with Gasteiger partial charge in [0.15, 0.2) is 5.96 Å². The van der Waals surface area contributed by atoms with E-state index in [1.165, 1.54) is 12.8 Å². The quantitative estimate of drug-likeness (QED) is 0.323. The second kappa shape index (κ2) is 13.2. The number of pyridine rings is 1. The monoisotopic (exact) mass is 503 g/mol. The van der Waals surface area contributed by atoms with Crippen LogP contribution in [0.1, 0.15) is 38.2 Å². The van der Waals surface area contributed by atoms with Crippen LogP contribution in [0.2, 0.25) is 0 Å². The van der Waals surface area contributed by atoms with Crippen molar-refractivity contribution >= 4 is 29.9 Å². The highest BCUT2D eigenvalue weighted by molar-refractivity contribution is 14.0. The van der Waals surface area contributed by atoms with Gasteiger partial charge in [-0.05, 0) is 44.2 Å². The molecule has 1 aromatic heterocycles. The molecule has 0 aromatic carbocycles. The number of rotatable bonds is 8. The SMILES string of the molecule is CCNC(=NCc1ccnc(OC2CCCC2)c1)NCCN1CCOCC1.I. The van der Waals surface area contributed by atoms with Gasteiger partial charge < -0.3 is 20.1 Å². The average molecular weight is 503 g/mol. The maximum atomic E-state index is 6.00. The Morgan fingerprint density at radius 1 is 1.29 bits per heavy atom. The maximum absolute atomic E-state index is 6.00. The molecule has 0 bridgehead atoms. The van der Waals surface area contributed by atoms with Crippen LogP contribution in [0.15, 0.2) is 23.3 Å². The fraction of sp³-hybridized carbons (Fsp3) is 0.700. The van der Waals surface area contributed by atoms with Crippen LogP contribution in [-0.2, 0) is 11.3 Å². The molecule has 28 heavy (non-hydrogen) atoms. The van der Waals surface area contributed by atoms with Crippen LogP contribution in [-0.4, -0.2) is 67.9 Å². The Hall–Kier alpha value is -1.13. The van der Waals surface area contributed by atoms with Crippen molar-refractivity contribution < 1.29 is 9.47 Å². The van der Waals surface area contributed by atoms with E-state index in [1.807, 2.05) is 18.3 Å². The molecule has 1 aromatic rings. The zero-order valence-corrected chi connectivity index (χ0v) is 19.2. The number of nitrogens with zero attached hydrogens (tertiary/aromatic N) is 3. The predicted molar refractivity (Wildman–Crippen MR) is 123 cm³/mol. The van der Waals surface area contributed by atoms with Gasteiger partial charge in [0.05, 0.1) is 19.8 Å². The van der Waals surface area contributed by atoms with Crippen molar-refractivity contribution in [2.45, 2.75) is 45.3 Å². The van der Waals surface area contributed by atoms with Crippen LogP contribution < -0.4 is 15.4 Å². The zero-order chi connectivity index (χ0) is 18.7. The summed E-state index contributed by atoms with van der Waals surface area (Å²) < 4.78 is 11.4. The van der Waals surface area contributed by atoms with Gasteiger partial charge in [-0.15, -0.1) is 24.0 Å². The third-order valence-electron chi connectivity index (χ3n) is 4.98. The summed E-state index contributed by atoms with van der Waals surface area (Å²) >= 11 is 0. The van der Waals surface area contributed by atoms with Crippen LogP contribution in [0, 0.1) is 0 Å². The fourth-order valence-corrected chi connectivity index (χ4v) is 3.46. The fourth-order valence-electron chi connectivity index (χ4n) is 3.46. The van der Waals surface area contributed by atoms with Gasteiger partial charge in [0.1, 0.15) is 6.10 Å². The summed E-state index contributed by atoms with van der Waals surface area (Å²) in [6, 6.07) is 4.02. The van der Waals surface area contributed by atoms with Crippen molar-refractivity contribution in [1.29, 1.82) is 0 Å². The minimum Gasteiger partial charge on any atom is -0.474 e. The van der Waals surface area contributed by atoms with Crippen molar-refractivity contribution in [3.05, 3.63) is 23.9 Å². The largest absolute Gasteiger partial charge is 0.474 e. The topological polar surface area (TPSA) is 71.0 Å². The first-order valence-corrected chi connectivity index (χ1v) is 10.3. The van der Waals surface area contributed by atoms with Crippen LogP contribution in [0.25, 0.3) is 0 Å². The third kappa shape index (κ3) is 8.08. The van der Waals surface area contributed by atoms with E-state index in [2.05, 4.69) is 27.4 Å². The molecule has 158 valence electrons. The molecule has 2 heterocycles. The molecule has 8 heteroatoms. The minimum atomic E-state index is 0. The van der Waals surface area contributed by atoms with Gasteiger partial charge in [-0.3, -0.25) is 4.90 Å². The minimum absolute atomic E-state index is 0. The number of guanidine groups is 1. The summed E-state index contributed by atoms with van der Waals surface area (Å²) in [4.78, 5) is 11.5. The second-order valence-electron chi connectivity index (χ2n) is 7.10. The molecule has 1 aliphatic heterocycles. The number of morpholine rings is 1. The number of aromatic nitrogens is 1. The van der Waals surface area contributed by atoms with Crippen molar-refractivity contribution in [3.63, 3.8) is 0 Å². The number of nitrogens with one attached hydrogen (secondary N) is 2. The predicted octanol–water partition coefficient (Wildman–Crippen LogP) is 2.41. The van der Waals surface area contributed by atoms with E-state index in [0.717, 1.165) is 76.2 Å². The van der Waals surface area contributed by atoms with Gasteiger partial charge in [0, 0.05) is 45.0 Å². The van der Waals surface area contributed by atoms with Gasteiger partial charge in [0.25, 0.3) is 0 Å². The summed E-state index contributed by atoms with van der Waals surface area (Å²) in [7, 11) is 0. The highest BCUT2D eigenvalue weighted by atomic mass is 127. The third-order valence-corrected chi connectivity index (χ3v) is 4.98. The van der Waals surface area contributed by atoms with Gasteiger partial charge in [-0.1, -0.05) is 0 Å². The van der Waals surface area contributed by atoms with E-state index in [4.69, 9.17) is 14.5 Å². The van der Waals surface area contributed by atoms with Crippen LogP contribution >= 0.6 is 24.0 Å². The van der Waals surface area contributed by atoms with Gasteiger partial charge in [0.2, 0.25) is 5.88 Å².